The number of ether oxygens (including phenoxy) is 2. The summed E-state index contributed by atoms with van der Waals surface area (Å²) in [5, 5.41) is 0.139. The summed E-state index contributed by atoms with van der Waals surface area (Å²) in [5.41, 5.74) is 0. The van der Waals surface area contributed by atoms with Crippen LogP contribution in [-0.2, 0) is 0 Å². The monoisotopic (exact) mass is 332 g/mol. The van der Waals surface area contributed by atoms with Gasteiger partial charge in [0.1, 0.15) is 11.6 Å². The van der Waals surface area contributed by atoms with Crippen LogP contribution >= 0.6 is 27.5 Å². The molecule has 18 heavy (non-hydrogen) atoms. The van der Waals surface area contributed by atoms with Crippen molar-refractivity contribution in [1.82, 2.24) is 9.97 Å². The molecule has 0 saturated heterocycles. The highest BCUT2D eigenvalue weighted by Gasteiger charge is 2.09. The van der Waals surface area contributed by atoms with Crippen LogP contribution in [0, 0.1) is 5.82 Å². The number of hydrogen-bond acceptors (Lipinski definition) is 4. The summed E-state index contributed by atoms with van der Waals surface area (Å²) < 4.78 is 23.8. The van der Waals surface area contributed by atoms with E-state index in [4.69, 9.17) is 21.1 Å². The minimum Gasteiger partial charge on any atom is -0.480 e. The lowest BCUT2D eigenvalue weighted by molar-refractivity contribution is 0.373. The van der Waals surface area contributed by atoms with Crippen LogP contribution in [0.25, 0.3) is 0 Å². The molecule has 4 nitrogen and oxygen atoms in total. The van der Waals surface area contributed by atoms with E-state index in [0.717, 1.165) is 6.07 Å². The predicted octanol–water partition coefficient (Wildman–Crippen LogP) is 3.83. The molecule has 0 atom stereocenters. The van der Waals surface area contributed by atoms with E-state index in [1.54, 1.807) is 0 Å². The van der Waals surface area contributed by atoms with Gasteiger partial charge in [-0.3, -0.25) is 0 Å². The van der Waals surface area contributed by atoms with Crippen molar-refractivity contribution in [2.75, 3.05) is 7.11 Å². The SMILES string of the molecule is COc1nc(Oc2ccc(F)cc2Cl)ncc1Br. The maximum atomic E-state index is 12.9. The third kappa shape index (κ3) is 2.88. The van der Waals surface area contributed by atoms with E-state index < -0.39 is 5.82 Å². The van der Waals surface area contributed by atoms with Gasteiger partial charge in [0, 0.05) is 0 Å². The summed E-state index contributed by atoms with van der Waals surface area (Å²) in [6.07, 6.45) is 1.48. The highest BCUT2D eigenvalue weighted by Crippen LogP contribution is 2.30. The Kier molecular flexibility index (Phi) is 3.98. The van der Waals surface area contributed by atoms with E-state index in [2.05, 4.69) is 25.9 Å². The maximum absolute atomic E-state index is 12.9. The van der Waals surface area contributed by atoms with Crippen molar-refractivity contribution in [2.45, 2.75) is 0 Å². The van der Waals surface area contributed by atoms with Crippen LogP contribution in [0.15, 0.2) is 28.9 Å². The molecule has 94 valence electrons. The topological polar surface area (TPSA) is 44.2 Å². The number of rotatable bonds is 3. The first-order valence-electron chi connectivity index (χ1n) is 4.79. The van der Waals surface area contributed by atoms with Crippen molar-refractivity contribution in [3.63, 3.8) is 0 Å². The van der Waals surface area contributed by atoms with E-state index in [-0.39, 0.29) is 16.8 Å². The summed E-state index contributed by atoms with van der Waals surface area (Å²) in [6, 6.07) is 3.84. The lowest BCUT2D eigenvalue weighted by atomic mass is 10.3. The fourth-order valence-corrected chi connectivity index (χ4v) is 1.74. The Bertz CT molecular complexity index is 583. The summed E-state index contributed by atoms with van der Waals surface area (Å²) in [7, 11) is 1.47. The van der Waals surface area contributed by atoms with Gasteiger partial charge >= 0.3 is 6.01 Å². The minimum absolute atomic E-state index is 0.0589. The third-order valence-corrected chi connectivity index (χ3v) is 2.82. The molecule has 2 rings (SSSR count). The van der Waals surface area contributed by atoms with E-state index in [0.29, 0.717) is 10.4 Å². The molecule has 7 heteroatoms. The zero-order valence-electron chi connectivity index (χ0n) is 9.15. The van der Waals surface area contributed by atoms with Crippen LogP contribution in [0.5, 0.6) is 17.6 Å². The molecule has 0 bridgehead atoms. The Morgan fingerprint density at radius 3 is 2.83 bits per heavy atom. The van der Waals surface area contributed by atoms with Gasteiger partial charge in [-0.15, -0.1) is 0 Å². The second-order valence-corrected chi connectivity index (χ2v) is 4.45. The largest absolute Gasteiger partial charge is 0.480 e. The smallest absolute Gasteiger partial charge is 0.325 e. The predicted molar refractivity (Wildman–Crippen MR) is 67.8 cm³/mol. The second kappa shape index (κ2) is 5.49. The van der Waals surface area contributed by atoms with Gasteiger partial charge < -0.3 is 9.47 Å². The first kappa shape index (κ1) is 13.0. The molecule has 1 aromatic carbocycles. The molecular formula is C11H7BrClFN2O2. The van der Waals surface area contributed by atoms with Crippen molar-refractivity contribution in [1.29, 1.82) is 0 Å². The summed E-state index contributed by atoms with van der Waals surface area (Å²) >= 11 is 9.04. The van der Waals surface area contributed by atoms with E-state index >= 15 is 0 Å². The molecule has 0 aliphatic carbocycles. The highest BCUT2D eigenvalue weighted by atomic mass is 79.9. The number of methoxy groups -OCH3 is 1. The molecule has 0 N–H and O–H groups in total. The minimum atomic E-state index is -0.443. The quantitative estimate of drug-likeness (QED) is 0.856. The number of halogens is 3. The van der Waals surface area contributed by atoms with E-state index in [1.807, 2.05) is 0 Å². The van der Waals surface area contributed by atoms with Gasteiger partial charge in [-0.1, -0.05) is 11.6 Å². The molecule has 0 aliphatic heterocycles. The van der Waals surface area contributed by atoms with Crippen molar-refractivity contribution < 1.29 is 13.9 Å². The Morgan fingerprint density at radius 1 is 1.39 bits per heavy atom. The Hall–Kier alpha value is -1.40. The molecule has 0 spiro atoms. The van der Waals surface area contributed by atoms with Gasteiger partial charge in [-0.2, -0.15) is 4.98 Å². The number of nitrogens with zero attached hydrogens (tertiary/aromatic N) is 2. The standard InChI is InChI=1S/C11H7BrClFN2O2/c1-17-10-7(12)5-15-11(16-10)18-9-3-2-6(14)4-8(9)13/h2-5H,1H3. The van der Waals surface area contributed by atoms with E-state index in [1.165, 1.54) is 25.4 Å². The Morgan fingerprint density at radius 2 is 2.17 bits per heavy atom. The van der Waals surface area contributed by atoms with Crippen LogP contribution in [0.2, 0.25) is 5.02 Å². The summed E-state index contributed by atoms with van der Waals surface area (Å²) in [5.74, 6) is 0.155. The van der Waals surface area contributed by atoms with Gasteiger partial charge in [0.2, 0.25) is 5.88 Å². The average Bonchev–Trinajstić information content (AvgIpc) is 2.35. The lowest BCUT2D eigenvalue weighted by Gasteiger charge is -2.07. The summed E-state index contributed by atoms with van der Waals surface area (Å²) in [4.78, 5) is 7.93. The van der Waals surface area contributed by atoms with Gasteiger partial charge in [0.05, 0.1) is 22.8 Å². The van der Waals surface area contributed by atoms with Crippen LogP contribution in [0.4, 0.5) is 4.39 Å². The normalized spacial score (nSPS) is 10.2. The third-order valence-electron chi connectivity index (χ3n) is 1.98. The zero-order valence-corrected chi connectivity index (χ0v) is 11.5. The number of aromatic nitrogens is 2. The van der Waals surface area contributed by atoms with Crippen molar-refractivity contribution in [3.05, 3.63) is 39.7 Å². The molecule has 0 saturated carbocycles. The zero-order chi connectivity index (χ0) is 13.1. The molecular weight excluding hydrogens is 326 g/mol. The van der Waals surface area contributed by atoms with Gasteiger partial charge in [-0.05, 0) is 34.1 Å². The molecule has 0 fully saturated rings. The molecule has 2 aromatic rings. The van der Waals surface area contributed by atoms with Gasteiger partial charge in [-0.25, -0.2) is 9.37 Å². The van der Waals surface area contributed by atoms with Crippen LogP contribution in [0.3, 0.4) is 0 Å². The fraction of sp³-hybridized carbons (Fsp3) is 0.0909. The highest BCUT2D eigenvalue weighted by molar-refractivity contribution is 9.10. The van der Waals surface area contributed by atoms with Crippen LogP contribution < -0.4 is 9.47 Å². The average molecular weight is 334 g/mol. The molecule has 0 amide bonds. The molecule has 0 unspecified atom stereocenters. The first-order chi connectivity index (χ1) is 8.60. The Balaban J connectivity index is 2.28. The second-order valence-electron chi connectivity index (χ2n) is 3.19. The maximum Gasteiger partial charge on any atom is 0.325 e. The molecule has 0 aliphatic rings. The fourth-order valence-electron chi connectivity index (χ4n) is 1.18. The van der Waals surface area contributed by atoms with Crippen molar-refractivity contribution in [2.24, 2.45) is 0 Å². The summed E-state index contributed by atoms with van der Waals surface area (Å²) in [6.45, 7) is 0. The molecule has 1 aromatic heterocycles. The van der Waals surface area contributed by atoms with Crippen LogP contribution in [0.1, 0.15) is 0 Å². The Labute approximate surface area is 116 Å². The molecule has 0 radical (unpaired) electrons. The number of benzene rings is 1. The first-order valence-corrected chi connectivity index (χ1v) is 5.96. The van der Waals surface area contributed by atoms with Crippen molar-refractivity contribution >= 4 is 27.5 Å². The number of hydrogen-bond donors (Lipinski definition) is 0. The lowest BCUT2D eigenvalue weighted by Crippen LogP contribution is -1.96. The van der Waals surface area contributed by atoms with Crippen molar-refractivity contribution in [3.8, 4) is 17.6 Å². The van der Waals surface area contributed by atoms with Gasteiger partial charge in [0.15, 0.2) is 0 Å². The van der Waals surface area contributed by atoms with E-state index in [9.17, 15) is 4.39 Å². The molecule has 1 heterocycles. The van der Waals surface area contributed by atoms with Crippen LogP contribution in [-0.4, -0.2) is 17.1 Å². The van der Waals surface area contributed by atoms with Gasteiger partial charge in [0.25, 0.3) is 0 Å².